The Morgan fingerprint density at radius 2 is 1.66 bits per heavy atom. The normalized spacial score (nSPS) is 18.6. The third kappa shape index (κ3) is 5.66. The van der Waals surface area contributed by atoms with Crippen LogP contribution in [0.15, 0.2) is 43.4 Å². The van der Waals surface area contributed by atoms with Gasteiger partial charge in [-0.1, -0.05) is 11.6 Å². The number of carbonyl (C=O) groups excluding carboxylic acids is 2. The monoisotopic (exact) mass is 694 g/mol. The third-order valence-electron chi connectivity index (χ3n) is 10.1. The van der Waals surface area contributed by atoms with E-state index in [1.165, 1.54) is 6.20 Å². The summed E-state index contributed by atoms with van der Waals surface area (Å²) in [5, 5.41) is 11.1. The Balaban J connectivity index is 0.000000145. The van der Waals surface area contributed by atoms with Gasteiger partial charge >= 0.3 is 0 Å². The summed E-state index contributed by atoms with van der Waals surface area (Å²) < 4.78 is 0. The topological polar surface area (TPSA) is 206 Å². The fourth-order valence-electron chi connectivity index (χ4n) is 7.35. The number of hydrogen-bond donors (Lipinski definition) is 3. The number of aromatic nitrogens is 8. The number of nitriles is 1. The SMILES string of the molecule is N#CCCC(=O)N1CCN(c2nc(N)nc3[nH]ccc23)CC12CC2.O=C(c1cnccn1)N1CCN(c2ncnc3[nH]cc(Cl)c23)CC12CC2. The first kappa shape index (κ1) is 31.7. The summed E-state index contributed by atoms with van der Waals surface area (Å²) in [4.78, 5) is 65.3. The van der Waals surface area contributed by atoms with Crippen LogP contribution in [0.3, 0.4) is 0 Å². The maximum absolute atomic E-state index is 12.9. The maximum Gasteiger partial charge on any atom is 0.274 e. The van der Waals surface area contributed by atoms with Crippen LogP contribution in [0.25, 0.3) is 22.1 Å². The molecule has 2 spiro atoms. The zero-order valence-electron chi connectivity index (χ0n) is 27.2. The number of halogens is 1. The van der Waals surface area contributed by atoms with Crippen molar-refractivity contribution in [2.24, 2.45) is 0 Å². The lowest BCUT2D eigenvalue weighted by atomic mass is 10.1. The average Bonchev–Trinajstić information content (AvgIpc) is 3.98. The smallest absolute Gasteiger partial charge is 0.274 e. The Morgan fingerprint density at radius 1 is 0.920 bits per heavy atom. The molecule has 4 aliphatic rings. The molecule has 0 unspecified atom stereocenters. The van der Waals surface area contributed by atoms with E-state index in [1.807, 2.05) is 22.1 Å². The van der Waals surface area contributed by atoms with E-state index in [9.17, 15) is 9.59 Å². The van der Waals surface area contributed by atoms with Gasteiger partial charge in [0.05, 0.1) is 39.1 Å². The van der Waals surface area contributed by atoms with E-state index in [4.69, 9.17) is 22.6 Å². The molecule has 2 amide bonds. The number of rotatable bonds is 5. The summed E-state index contributed by atoms with van der Waals surface area (Å²) in [6.07, 6.45) is 14.3. The van der Waals surface area contributed by atoms with Crippen LogP contribution in [0.4, 0.5) is 17.6 Å². The lowest BCUT2D eigenvalue weighted by Gasteiger charge is -2.43. The summed E-state index contributed by atoms with van der Waals surface area (Å²) >= 11 is 6.33. The fourth-order valence-corrected chi connectivity index (χ4v) is 7.57. The standard InChI is InChI=1S/C17H16ClN7O.C16H19N7O/c18-11-7-21-14-13(11)15(23-10-22-14)24-5-6-25(17(9-24)1-2-17)16(26)12-8-19-3-4-20-12;17-6-1-2-12(24)23-9-8-22(10-16(23)4-5-16)14-11-3-7-19-13(11)20-15(18)21-14/h3-4,7-8,10H,1-2,5-6,9H2,(H,21,22,23);3,7H,1-2,4-5,8-10H2,(H3,18,19,20,21). The summed E-state index contributed by atoms with van der Waals surface area (Å²) in [6.45, 7) is 4.13. The van der Waals surface area contributed by atoms with Gasteiger partial charge in [-0.3, -0.25) is 14.6 Å². The highest BCUT2D eigenvalue weighted by Gasteiger charge is 2.54. The minimum atomic E-state index is -0.160. The summed E-state index contributed by atoms with van der Waals surface area (Å²) in [5.74, 6) is 1.93. The number of nitrogens with one attached hydrogen (secondary N) is 2. The highest BCUT2D eigenvalue weighted by Crippen LogP contribution is 2.47. The molecule has 2 saturated heterocycles. The van der Waals surface area contributed by atoms with Gasteiger partial charge in [-0.2, -0.15) is 15.2 Å². The number of carbonyl (C=O) groups is 2. The highest BCUT2D eigenvalue weighted by atomic mass is 35.5. The van der Waals surface area contributed by atoms with Crippen molar-refractivity contribution >= 4 is 63.1 Å². The van der Waals surface area contributed by atoms with E-state index in [0.717, 1.165) is 72.5 Å². The number of amides is 2. The van der Waals surface area contributed by atoms with Gasteiger partial charge in [0.25, 0.3) is 5.91 Å². The Morgan fingerprint density at radius 3 is 2.38 bits per heavy atom. The van der Waals surface area contributed by atoms with Crippen molar-refractivity contribution in [3.8, 4) is 6.07 Å². The number of nitrogen functional groups attached to an aromatic ring is 1. The maximum atomic E-state index is 12.9. The van der Waals surface area contributed by atoms with Crippen molar-refractivity contribution < 1.29 is 9.59 Å². The van der Waals surface area contributed by atoms with Crippen LogP contribution >= 0.6 is 11.6 Å². The third-order valence-corrected chi connectivity index (χ3v) is 10.4. The zero-order valence-corrected chi connectivity index (χ0v) is 28.0. The lowest BCUT2D eigenvalue weighted by Crippen LogP contribution is -2.57. The number of nitrogens with zero attached hydrogens (tertiary/aromatic N) is 11. The number of anilines is 3. The van der Waals surface area contributed by atoms with E-state index in [1.54, 1.807) is 24.9 Å². The fraction of sp³-hybridized carbons (Fsp3) is 0.424. The van der Waals surface area contributed by atoms with Crippen LogP contribution in [0.2, 0.25) is 5.02 Å². The van der Waals surface area contributed by atoms with Crippen molar-refractivity contribution in [1.82, 2.24) is 49.7 Å². The molecule has 4 fully saturated rings. The number of piperazine rings is 2. The molecule has 9 rings (SSSR count). The molecule has 50 heavy (non-hydrogen) atoms. The quantitative estimate of drug-likeness (QED) is 0.243. The van der Waals surface area contributed by atoms with Crippen molar-refractivity contribution in [2.75, 3.05) is 54.8 Å². The van der Waals surface area contributed by atoms with E-state index < -0.39 is 0 Å². The predicted octanol–water partition coefficient (Wildman–Crippen LogP) is 2.92. The van der Waals surface area contributed by atoms with Crippen molar-refractivity contribution in [3.05, 3.63) is 54.1 Å². The summed E-state index contributed by atoms with van der Waals surface area (Å²) in [6, 6.07) is 4.00. The van der Waals surface area contributed by atoms with Crippen LogP contribution < -0.4 is 15.5 Å². The number of fused-ring (bicyclic) bond motifs is 2. The molecule has 0 atom stereocenters. The van der Waals surface area contributed by atoms with E-state index >= 15 is 0 Å². The Bertz CT molecular complexity index is 2120. The van der Waals surface area contributed by atoms with Crippen LogP contribution in [-0.2, 0) is 4.79 Å². The van der Waals surface area contributed by atoms with Gasteiger partial charge in [-0.05, 0) is 31.7 Å². The van der Waals surface area contributed by atoms with Crippen LogP contribution in [-0.4, -0.2) is 112 Å². The highest BCUT2D eigenvalue weighted by molar-refractivity contribution is 6.36. The molecule has 256 valence electrons. The molecule has 4 N–H and O–H groups in total. The molecule has 5 aromatic heterocycles. The Kier molecular flexibility index (Phi) is 7.86. The lowest BCUT2D eigenvalue weighted by molar-refractivity contribution is -0.134. The van der Waals surface area contributed by atoms with E-state index in [0.29, 0.717) is 43.3 Å². The van der Waals surface area contributed by atoms with Gasteiger partial charge in [0.2, 0.25) is 11.9 Å². The molecule has 0 radical (unpaired) electrons. The second-order valence-corrected chi connectivity index (χ2v) is 13.7. The molecule has 7 heterocycles. The first-order valence-electron chi connectivity index (χ1n) is 16.6. The van der Waals surface area contributed by atoms with Gasteiger partial charge in [0.15, 0.2) is 0 Å². The van der Waals surface area contributed by atoms with Gasteiger partial charge in [0.1, 0.15) is 35.0 Å². The molecule has 17 heteroatoms. The average molecular weight is 695 g/mol. The van der Waals surface area contributed by atoms with Gasteiger partial charge in [-0.15, -0.1) is 0 Å². The van der Waals surface area contributed by atoms with E-state index in [2.05, 4.69) is 55.7 Å². The van der Waals surface area contributed by atoms with Crippen LogP contribution in [0.5, 0.6) is 0 Å². The zero-order chi connectivity index (χ0) is 34.5. The second-order valence-electron chi connectivity index (χ2n) is 13.2. The van der Waals surface area contributed by atoms with Gasteiger partial charge in [0, 0.05) is 76.9 Å². The molecular formula is C33H35ClN14O2. The van der Waals surface area contributed by atoms with Crippen LogP contribution in [0, 0.1) is 11.3 Å². The second kappa shape index (κ2) is 12.4. The summed E-state index contributed by atoms with van der Waals surface area (Å²) in [5.41, 5.74) is 7.43. The first-order valence-corrected chi connectivity index (χ1v) is 17.0. The molecule has 16 nitrogen and oxygen atoms in total. The molecule has 2 saturated carbocycles. The van der Waals surface area contributed by atoms with Crippen LogP contribution in [0.1, 0.15) is 49.0 Å². The van der Waals surface area contributed by atoms with Gasteiger partial charge in [-0.25, -0.2) is 15.0 Å². The number of nitrogens with two attached hydrogens (primary N) is 1. The minimum Gasteiger partial charge on any atom is -0.368 e. The molecule has 2 aliphatic carbocycles. The number of hydrogen-bond acceptors (Lipinski definition) is 12. The predicted molar refractivity (Wildman–Crippen MR) is 185 cm³/mol. The van der Waals surface area contributed by atoms with Crippen molar-refractivity contribution in [1.29, 1.82) is 5.26 Å². The van der Waals surface area contributed by atoms with Crippen molar-refractivity contribution in [2.45, 2.75) is 49.6 Å². The molecule has 5 aromatic rings. The first-order chi connectivity index (χ1) is 24.3. The number of H-pyrrole nitrogens is 2. The summed E-state index contributed by atoms with van der Waals surface area (Å²) in [7, 11) is 0. The molecule has 2 aliphatic heterocycles. The van der Waals surface area contributed by atoms with Crippen molar-refractivity contribution in [3.63, 3.8) is 0 Å². The Labute approximate surface area is 291 Å². The Hall–Kier alpha value is -5.56. The van der Waals surface area contributed by atoms with Gasteiger partial charge < -0.3 is 35.3 Å². The molecular weight excluding hydrogens is 660 g/mol. The van der Waals surface area contributed by atoms with E-state index in [-0.39, 0.29) is 35.3 Å². The largest absolute Gasteiger partial charge is 0.368 e. The molecule has 0 aromatic carbocycles. The minimum absolute atomic E-state index is 0.0530. The molecule has 0 bridgehead atoms. The number of aromatic amines is 2.